The quantitative estimate of drug-likeness (QED) is 0.467. The molecule has 3 N–H and O–H groups in total. The highest BCUT2D eigenvalue weighted by Gasteiger charge is 2.00. The Labute approximate surface area is 93.0 Å². The highest BCUT2D eigenvalue weighted by molar-refractivity contribution is 7.99. The van der Waals surface area contributed by atoms with Gasteiger partial charge < -0.3 is 10.8 Å². The van der Waals surface area contributed by atoms with Crippen molar-refractivity contribution < 1.29 is 9.90 Å². The Bertz CT molecular complexity index is 388. The average Bonchev–Trinajstić information content (AvgIpc) is 2.18. The van der Waals surface area contributed by atoms with Gasteiger partial charge in [-0.2, -0.15) is 0 Å². The predicted molar refractivity (Wildman–Crippen MR) is 63.1 cm³/mol. The number of aliphatic carboxylic acids is 1. The molecule has 0 unspecified atom stereocenters. The van der Waals surface area contributed by atoms with Gasteiger partial charge in [0.2, 0.25) is 0 Å². The maximum atomic E-state index is 10.2. The van der Waals surface area contributed by atoms with E-state index in [4.69, 9.17) is 10.8 Å². The summed E-state index contributed by atoms with van der Waals surface area (Å²) < 4.78 is 0. The lowest BCUT2D eigenvalue weighted by Gasteiger charge is -2.05. The Morgan fingerprint density at radius 3 is 3.00 bits per heavy atom. The molecule has 80 valence electrons. The van der Waals surface area contributed by atoms with E-state index in [-0.39, 0.29) is 0 Å². The molecule has 0 bridgehead atoms. The van der Waals surface area contributed by atoms with Gasteiger partial charge in [-0.1, -0.05) is 12.1 Å². The second-order valence-electron chi connectivity index (χ2n) is 3.02. The number of hydrogen-bond donors (Lipinski definition) is 2. The first-order valence-electron chi connectivity index (χ1n) is 4.48. The summed E-state index contributed by atoms with van der Waals surface area (Å²) in [7, 11) is 0. The molecule has 0 aliphatic carbocycles. The molecule has 1 aromatic rings. The van der Waals surface area contributed by atoms with Crippen molar-refractivity contribution in [1.82, 2.24) is 0 Å². The van der Waals surface area contributed by atoms with Crippen LogP contribution in [0.25, 0.3) is 0 Å². The van der Waals surface area contributed by atoms with Crippen molar-refractivity contribution in [3.63, 3.8) is 0 Å². The van der Waals surface area contributed by atoms with Crippen LogP contribution in [0.2, 0.25) is 0 Å². The lowest BCUT2D eigenvalue weighted by atomic mass is 10.2. The van der Waals surface area contributed by atoms with Crippen molar-refractivity contribution in [3.8, 4) is 0 Å². The minimum atomic E-state index is -0.917. The van der Waals surface area contributed by atoms with Crippen LogP contribution < -0.4 is 5.73 Å². The van der Waals surface area contributed by atoms with E-state index in [0.717, 1.165) is 22.2 Å². The molecule has 1 rings (SSSR count). The van der Waals surface area contributed by atoms with Crippen LogP contribution in [0.3, 0.4) is 0 Å². The zero-order valence-corrected chi connectivity index (χ0v) is 9.25. The number of thioether (sulfide) groups is 1. The van der Waals surface area contributed by atoms with Crippen LogP contribution in [0.15, 0.2) is 35.2 Å². The van der Waals surface area contributed by atoms with E-state index in [1.807, 2.05) is 25.1 Å². The molecule has 0 heterocycles. The number of hydrogen-bond acceptors (Lipinski definition) is 3. The van der Waals surface area contributed by atoms with Gasteiger partial charge in [-0.3, -0.25) is 0 Å². The number of carboxylic acid groups (broad SMARTS) is 1. The standard InChI is InChI=1S/C11H13NO2S/c1-8-9(12)4-2-5-10(8)15-7-3-6-11(13)14/h2-6H,7,12H2,1H3,(H,13,14)/b6-3+. The number of carbonyl (C=O) groups is 1. The molecule has 0 amide bonds. The number of anilines is 1. The number of nitrogens with two attached hydrogens (primary N) is 1. The van der Waals surface area contributed by atoms with E-state index in [1.54, 1.807) is 17.8 Å². The zero-order chi connectivity index (χ0) is 11.3. The molecule has 0 fully saturated rings. The minimum Gasteiger partial charge on any atom is -0.478 e. The van der Waals surface area contributed by atoms with Crippen LogP contribution in [0, 0.1) is 6.92 Å². The van der Waals surface area contributed by atoms with Crippen LogP contribution >= 0.6 is 11.8 Å². The number of benzene rings is 1. The molecule has 0 radical (unpaired) electrons. The van der Waals surface area contributed by atoms with Gasteiger partial charge >= 0.3 is 5.97 Å². The maximum Gasteiger partial charge on any atom is 0.328 e. The summed E-state index contributed by atoms with van der Waals surface area (Å²) in [6, 6.07) is 5.73. The topological polar surface area (TPSA) is 63.3 Å². The zero-order valence-electron chi connectivity index (χ0n) is 8.43. The van der Waals surface area contributed by atoms with Crippen molar-refractivity contribution in [1.29, 1.82) is 0 Å². The number of nitrogen functional groups attached to an aromatic ring is 1. The van der Waals surface area contributed by atoms with Crippen molar-refractivity contribution in [3.05, 3.63) is 35.9 Å². The fourth-order valence-corrected chi connectivity index (χ4v) is 1.96. The summed E-state index contributed by atoms with van der Waals surface area (Å²) in [6.07, 6.45) is 2.77. The third kappa shape index (κ3) is 3.67. The van der Waals surface area contributed by atoms with Crippen LogP contribution in [0.1, 0.15) is 5.56 Å². The molecular formula is C11H13NO2S. The molecule has 0 atom stereocenters. The fraction of sp³-hybridized carbons (Fsp3) is 0.182. The smallest absolute Gasteiger partial charge is 0.328 e. The lowest BCUT2D eigenvalue weighted by Crippen LogP contribution is -1.91. The molecule has 0 saturated carbocycles. The van der Waals surface area contributed by atoms with Gasteiger partial charge in [0.05, 0.1) is 0 Å². The number of carboxylic acids is 1. The van der Waals surface area contributed by atoms with E-state index in [1.165, 1.54) is 0 Å². The van der Waals surface area contributed by atoms with Gasteiger partial charge in [0.1, 0.15) is 0 Å². The minimum absolute atomic E-state index is 0.636. The Kier molecular flexibility index (Phi) is 4.24. The van der Waals surface area contributed by atoms with Gasteiger partial charge in [0.15, 0.2) is 0 Å². The number of rotatable bonds is 4. The molecule has 4 heteroatoms. The summed E-state index contributed by atoms with van der Waals surface area (Å²) in [5.74, 6) is -0.281. The van der Waals surface area contributed by atoms with E-state index >= 15 is 0 Å². The molecule has 0 aliphatic heterocycles. The van der Waals surface area contributed by atoms with Crippen LogP contribution in [-0.2, 0) is 4.79 Å². The third-order valence-corrected chi connectivity index (χ3v) is 3.03. The second kappa shape index (κ2) is 5.46. The van der Waals surface area contributed by atoms with Gasteiger partial charge in [-0.05, 0) is 24.6 Å². The van der Waals surface area contributed by atoms with Crippen molar-refractivity contribution in [2.45, 2.75) is 11.8 Å². The van der Waals surface area contributed by atoms with E-state index in [0.29, 0.717) is 5.75 Å². The van der Waals surface area contributed by atoms with Crippen molar-refractivity contribution in [2.24, 2.45) is 0 Å². The molecule has 0 spiro atoms. The Hall–Kier alpha value is -1.42. The predicted octanol–water partition coefficient (Wildman–Crippen LogP) is 2.31. The summed E-state index contributed by atoms with van der Waals surface area (Å²) in [5.41, 5.74) is 7.56. The van der Waals surface area contributed by atoms with Gasteiger partial charge in [0.25, 0.3) is 0 Å². The SMILES string of the molecule is Cc1c(N)cccc1SC/C=C/C(=O)O. The van der Waals surface area contributed by atoms with Crippen molar-refractivity contribution in [2.75, 3.05) is 11.5 Å². The highest BCUT2D eigenvalue weighted by atomic mass is 32.2. The monoisotopic (exact) mass is 223 g/mol. The largest absolute Gasteiger partial charge is 0.478 e. The summed E-state index contributed by atoms with van der Waals surface area (Å²) in [5, 5.41) is 8.39. The van der Waals surface area contributed by atoms with Crippen LogP contribution in [0.5, 0.6) is 0 Å². The van der Waals surface area contributed by atoms with Gasteiger partial charge in [-0.25, -0.2) is 4.79 Å². The molecule has 1 aromatic carbocycles. The molecule has 3 nitrogen and oxygen atoms in total. The lowest BCUT2D eigenvalue weighted by molar-refractivity contribution is -0.131. The maximum absolute atomic E-state index is 10.2. The first kappa shape index (κ1) is 11.7. The first-order chi connectivity index (χ1) is 7.11. The normalized spacial score (nSPS) is 10.7. The molecule has 0 saturated heterocycles. The Balaban J connectivity index is 2.58. The van der Waals surface area contributed by atoms with Crippen molar-refractivity contribution >= 4 is 23.4 Å². The van der Waals surface area contributed by atoms with E-state index in [9.17, 15) is 4.79 Å². The van der Waals surface area contributed by atoms with E-state index in [2.05, 4.69) is 0 Å². The molecule has 0 aliphatic rings. The first-order valence-corrected chi connectivity index (χ1v) is 5.47. The molecular weight excluding hydrogens is 210 g/mol. The fourth-order valence-electron chi connectivity index (χ4n) is 1.07. The van der Waals surface area contributed by atoms with Crippen LogP contribution in [-0.4, -0.2) is 16.8 Å². The van der Waals surface area contributed by atoms with Gasteiger partial charge in [0, 0.05) is 22.4 Å². The highest BCUT2D eigenvalue weighted by Crippen LogP contribution is 2.25. The summed E-state index contributed by atoms with van der Waals surface area (Å²) >= 11 is 1.57. The molecule has 0 aromatic heterocycles. The summed E-state index contributed by atoms with van der Waals surface area (Å²) in [6.45, 7) is 1.96. The third-order valence-electron chi connectivity index (χ3n) is 1.92. The van der Waals surface area contributed by atoms with Gasteiger partial charge in [-0.15, -0.1) is 11.8 Å². The molecule has 15 heavy (non-hydrogen) atoms. The second-order valence-corrected chi connectivity index (χ2v) is 4.08. The Morgan fingerprint density at radius 1 is 1.60 bits per heavy atom. The Morgan fingerprint density at radius 2 is 2.33 bits per heavy atom. The average molecular weight is 223 g/mol. The summed E-state index contributed by atoms with van der Waals surface area (Å²) in [4.78, 5) is 11.3. The van der Waals surface area contributed by atoms with Crippen LogP contribution in [0.4, 0.5) is 5.69 Å². The van der Waals surface area contributed by atoms with E-state index < -0.39 is 5.97 Å².